The molecule has 2 fully saturated rings. The van der Waals surface area contributed by atoms with Gasteiger partial charge in [-0.25, -0.2) is 4.79 Å². The van der Waals surface area contributed by atoms with Gasteiger partial charge in [0.25, 0.3) is 0 Å². The molecular weight excluding hydrogens is 264 g/mol. The number of amides is 1. The molecule has 1 amide bonds. The molecule has 0 atom stereocenters. The second kappa shape index (κ2) is 6.55. The first-order valence-electron chi connectivity index (χ1n) is 8.49. The van der Waals surface area contributed by atoms with Crippen LogP contribution >= 0.6 is 0 Å². The lowest BCUT2D eigenvalue weighted by Crippen LogP contribution is -2.47. The van der Waals surface area contributed by atoms with Gasteiger partial charge in [0.1, 0.15) is 5.60 Å². The van der Waals surface area contributed by atoms with Crippen molar-refractivity contribution in [2.24, 2.45) is 11.8 Å². The van der Waals surface area contributed by atoms with Gasteiger partial charge in [0.05, 0.1) is 0 Å². The minimum absolute atomic E-state index is 0.152. The van der Waals surface area contributed by atoms with Crippen LogP contribution in [0.1, 0.15) is 60.3 Å². The summed E-state index contributed by atoms with van der Waals surface area (Å²) in [6.07, 6.45) is 4.66. The van der Waals surface area contributed by atoms with Gasteiger partial charge in [0.2, 0.25) is 0 Å². The number of nitrogens with one attached hydrogen (secondary N) is 1. The molecule has 1 N–H and O–H groups in total. The molecule has 0 heterocycles. The molecule has 2 rings (SSSR count). The zero-order valence-electron chi connectivity index (χ0n) is 14.3. The summed E-state index contributed by atoms with van der Waals surface area (Å²) in [6, 6.07) is 1.06. The van der Waals surface area contributed by atoms with Crippen molar-refractivity contribution in [1.29, 1.82) is 0 Å². The summed E-state index contributed by atoms with van der Waals surface area (Å²) in [7, 11) is 0. The summed E-state index contributed by atoms with van der Waals surface area (Å²) in [5.74, 6) is 1.68. The number of carbonyl (C=O) groups is 1. The second-order valence-corrected chi connectivity index (χ2v) is 8.03. The molecule has 2 saturated carbocycles. The van der Waals surface area contributed by atoms with Crippen molar-refractivity contribution in [2.45, 2.75) is 78.0 Å². The van der Waals surface area contributed by atoms with E-state index < -0.39 is 5.60 Å². The van der Waals surface area contributed by atoms with E-state index in [2.05, 4.69) is 19.2 Å². The van der Waals surface area contributed by atoms with Crippen molar-refractivity contribution in [2.75, 3.05) is 13.1 Å². The predicted octanol–water partition coefficient (Wildman–Crippen LogP) is 3.41. The van der Waals surface area contributed by atoms with E-state index in [1.807, 2.05) is 25.7 Å². The van der Waals surface area contributed by atoms with E-state index in [0.29, 0.717) is 12.1 Å². The molecule has 21 heavy (non-hydrogen) atoms. The highest BCUT2D eigenvalue weighted by atomic mass is 16.6. The van der Waals surface area contributed by atoms with E-state index in [-0.39, 0.29) is 6.09 Å². The molecule has 0 aromatic rings. The van der Waals surface area contributed by atoms with Crippen LogP contribution in [0.15, 0.2) is 0 Å². The van der Waals surface area contributed by atoms with Gasteiger partial charge in [-0.1, -0.05) is 13.8 Å². The number of carbonyl (C=O) groups excluding carboxylic acids is 1. The summed E-state index contributed by atoms with van der Waals surface area (Å²) >= 11 is 0. The molecule has 122 valence electrons. The van der Waals surface area contributed by atoms with Crippen molar-refractivity contribution in [3.8, 4) is 0 Å². The maximum atomic E-state index is 12.2. The second-order valence-electron chi connectivity index (χ2n) is 8.03. The fourth-order valence-corrected chi connectivity index (χ4v) is 2.89. The lowest BCUT2D eigenvalue weighted by Gasteiger charge is -2.39. The van der Waals surface area contributed by atoms with Gasteiger partial charge in [-0.3, -0.25) is 0 Å². The van der Waals surface area contributed by atoms with Crippen LogP contribution in [0.5, 0.6) is 0 Å². The predicted molar refractivity (Wildman–Crippen MR) is 85.3 cm³/mol. The standard InChI is InChI=1S/C17H32N2O2/c1-12(2)13-10-14(11-13)18-8-9-19(15-6-7-15)16(20)21-17(3,4)5/h12-15,18H,6-11H2,1-5H3. The van der Waals surface area contributed by atoms with Crippen molar-refractivity contribution in [1.82, 2.24) is 10.2 Å². The summed E-state index contributed by atoms with van der Waals surface area (Å²) in [5.41, 5.74) is -0.407. The van der Waals surface area contributed by atoms with Gasteiger partial charge in [-0.05, 0) is 58.3 Å². The van der Waals surface area contributed by atoms with E-state index in [1.165, 1.54) is 12.8 Å². The SMILES string of the molecule is CC(C)C1CC(NCCN(C(=O)OC(C)(C)C)C2CC2)C1. The fraction of sp³-hybridized carbons (Fsp3) is 0.941. The van der Waals surface area contributed by atoms with Crippen LogP contribution in [0.2, 0.25) is 0 Å². The van der Waals surface area contributed by atoms with Crippen LogP contribution in [0.25, 0.3) is 0 Å². The third-order valence-corrected chi connectivity index (χ3v) is 4.52. The number of hydrogen-bond acceptors (Lipinski definition) is 3. The Bertz CT molecular complexity index is 352. The van der Waals surface area contributed by atoms with Gasteiger partial charge in [0, 0.05) is 25.2 Å². The number of rotatable bonds is 6. The first-order chi connectivity index (χ1) is 9.76. The average molecular weight is 296 g/mol. The van der Waals surface area contributed by atoms with Crippen molar-refractivity contribution < 1.29 is 9.53 Å². The quantitative estimate of drug-likeness (QED) is 0.816. The van der Waals surface area contributed by atoms with E-state index >= 15 is 0 Å². The van der Waals surface area contributed by atoms with E-state index in [4.69, 9.17) is 4.74 Å². The Morgan fingerprint density at radius 1 is 1.29 bits per heavy atom. The molecule has 0 aliphatic heterocycles. The van der Waals surface area contributed by atoms with E-state index in [1.54, 1.807) is 0 Å². The van der Waals surface area contributed by atoms with Crippen molar-refractivity contribution >= 4 is 6.09 Å². The van der Waals surface area contributed by atoms with Crippen LogP contribution in [-0.2, 0) is 4.74 Å². The normalized spacial score (nSPS) is 25.6. The van der Waals surface area contributed by atoms with Crippen LogP contribution in [0.4, 0.5) is 4.79 Å². The van der Waals surface area contributed by atoms with Crippen LogP contribution in [0, 0.1) is 11.8 Å². The number of hydrogen-bond donors (Lipinski definition) is 1. The molecule has 0 aromatic heterocycles. The Morgan fingerprint density at radius 2 is 1.90 bits per heavy atom. The lowest BCUT2D eigenvalue weighted by atomic mass is 9.74. The maximum absolute atomic E-state index is 12.2. The average Bonchev–Trinajstić information content (AvgIpc) is 3.06. The molecule has 2 aliphatic carbocycles. The molecule has 0 bridgehead atoms. The van der Waals surface area contributed by atoms with E-state index in [0.717, 1.165) is 37.8 Å². The zero-order chi connectivity index (χ0) is 15.6. The third kappa shape index (κ3) is 5.17. The highest BCUT2D eigenvalue weighted by molar-refractivity contribution is 5.69. The lowest BCUT2D eigenvalue weighted by molar-refractivity contribution is 0.0230. The highest BCUT2D eigenvalue weighted by Crippen LogP contribution is 2.33. The van der Waals surface area contributed by atoms with Gasteiger partial charge in [-0.2, -0.15) is 0 Å². The summed E-state index contributed by atoms with van der Waals surface area (Å²) < 4.78 is 5.51. The minimum atomic E-state index is -0.407. The highest BCUT2D eigenvalue weighted by Gasteiger charge is 2.35. The molecule has 2 aliphatic rings. The monoisotopic (exact) mass is 296 g/mol. The Labute approximate surface area is 129 Å². The largest absolute Gasteiger partial charge is 0.444 e. The molecule has 0 unspecified atom stereocenters. The first kappa shape index (κ1) is 16.6. The molecule has 4 nitrogen and oxygen atoms in total. The number of nitrogens with zero attached hydrogens (tertiary/aromatic N) is 1. The Morgan fingerprint density at radius 3 is 2.38 bits per heavy atom. The van der Waals surface area contributed by atoms with Gasteiger partial charge in [-0.15, -0.1) is 0 Å². The Balaban J connectivity index is 1.68. The summed E-state index contributed by atoms with van der Waals surface area (Å²) in [5, 5.41) is 3.59. The molecule has 0 radical (unpaired) electrons. The van der Waals surface area contributed by atoms with Crippen LogP contribution in [0.3, 0.4) is 0 Å². The maximum Gasteiger partial charge on any atom is 0.410 e. The first-order valence-corrected chi connectivity index (χ1v) is 8.49. The number of ether oxygens (including phenoxy) is 1. The van der Waals surface area contributed by atoms with E-state index in [9.17, 15) is 4.79 Å². The molecule has 4 heteroatoms. The van der Waals surface area contributed by atoms with Gasteiger partial charge < -0.3 is 15.0 Å². The van der Waals surface area contributed by atoms with Crippen LogP contribution < -0.4 is 5.32 Å². The van der Waals surface area contributed by atoms with Gasteiger partial charge >= 0.3 is 6.09 Å². The Kier molecular flexibility index (Phi) is 5.18. The minimum Gasteiger partial charge on any atom is -0.444 e. The molecule has 0 spiro atoms. The third-order valence-electron chi connectivity index (χ3n) is 4.52. The zero-order valence-corrected chi connectivity index (χ0v) is 14.3. The molecule has 0 aromatic carbocycles. The summed E-state index contributed by atoms with van der Waals surface area (Å²) in [6.45, 7) is 12.0. The summed E-state index contributed by atoms with van der Waals surface area (Å²) in [4.78, 5) is 14.1. The topological polar surface area (TPSA) is 41.6 Å². The van der Waals surface area contributed by atoms with Gasteiger partial charge in [0.15, 0.2) is 0 Å². The van der Waals surface area contributed by atoms with Crippen molar-refractivity contribution in [3.63, 3.8) is 0 Å². The van der Waals surface area contributed by atoms with Crippen LogP contribution in [-0.4, -0.2) is 41.8 Å². The molecular formula is C17H32N2O2. The smallest absolute Gasteiger partial charge is 0.410 e. The molecule has 0 saturated heterocycles. The Hall–Kier alpha value is -0.770. The fourth-order valence-electron chi connectivity index (χ4n) is 2.89. The van der Waals surface area contributed by atoms with Crippen molar-refractivity contribution in [3.05, 3.63) is 0 Å².